The van der Waals surface area contributed by atoms with E-state index >= 15 is 0 Å². The molecule has 1 aromatic heterocycles. The highest BCUT2D eigenvalue weighted by Gasteiger charge is 2.19. The molecule has 0 spiro atoms. The molecule has 0 bridgehead atoms. The molecule has 1 fully saturated rings. The topological polar surface area (TPSA) is 29.0 Å². The summed E-state index contributed by atoms with van der Waals surface area (Å²) in [5.41, 5.74) is 1.14. The van der Waals surface area contributed by atoms with Crippen LogP contribution in [0, 0.1) is 6.92 Å². The van der Waals surface area contributed by atoms with Crippen LogP contribution in [-0.4, -0.2) is 27.9 Å². The van der Waals surface area contributed by atoms with Crippen molar-refractivity contribution >= 4 is 21.7 Å². The third kappa shape index (κ3) is 2.73. The van der Waals surface area contributed by atoms with Gasteiger partial charge in [-0.05, 0) is 26.2 Å². The third-order valence-corrected chi connectivity index (χ3v) is 3.67. The molecule has 3 nitrogen and oxygen atoms in total. The number of hydrogen-bond donors (Lipinski definition) is 0. The molecule has 1 aromatic rings. The zero-order valence-electron chi connectivity index (χ0n) is 9.91. The Morgan fingerprint density at radius 1 is 1.50 bits per heavy atom. The first-order valence-electron chi connectivity index (χ1n) is 5.92. The van der Waals surface area contributed by atoms with Gasteiger partial charge in [-0.25, -0.2) is 9.97 Å². The van der Waals surface area contributed by atoms with Gasteiger partial charge in [0.1, 0.15) is 11.6 Å². The number of anilines is 1. The monoisotopic (exact) mass is 283 g/mol. The summed E-state index contributed by atoms with van der Waals surface area (Å²) in [6.07, 6.45) is 3.48. The van der Waals surface area contributed by atoms with Gasteiger partial charge in [0.15, 0.2) is 0 Å². The Hall–Kier alpha value is -0.640. The molecule has 0 saturated carbocycles. The van der Waals surface area contributed by atoms with Gasteiger partial charge in [0.05, 0.1) is 0 Å². The first-order valence-corrected chi connectivity index (χ1v) is 6.84. The maximum atomic E-state index is 4.53. The van der Waals surface area contributed by atoms with Crippen LogP contribution in [0.1, 0.15) is 31.3 Å². The smallest absolute Gasteiger partial charge is 0.132 e. The molecule has 0 amide bonds. The zero-order chi connectivity index (χ0) is 11.5. The number of halogens is 1. The van der Waals surface area contributed by atoms with Crippen molar-refractivity contribution in [3.63, 3.8) is 0 Å². The highest BCUT2D eigenvalue weighted by molar-refractivity contribution is 9.09. The predicted molar refractivity (Wildman–Crippen MR) is 70.3 cm³/mol. The summed E-state index contributed by atoms with van der Waals surface area (Å²) in [6.45, 7) is 6.27. The summed E-state index contributed by atoms with van der Waals surface area (Å²) in [7, 11) is 0. The molecule has 1 atom stereocenters. The Kier molecular flexibility index (Phi) is 3.79. The Bertz CT molecular complexity index is 367. The summed E-state index contributed by atoms with van der Waals surface area (Å²) in [6, 6.07) is 2.12. The zero-order valence-corrected chi connectivity index (χ0v) is 11.5. The van der Waals surface area contributed by atoms with Crippen LogP contribution in [0.5, 0.6) is 0 Å². The summed E-state index contributed by atoms with van der Waals surface area (Å²) >= 11 is 3.69. The van der Waals surface area contributed by atoms with E-state index in [9.17, 15) is 0 Å². The lowest BCUT2D eigenvalue weighted by molar-refractivity contribution is 0.589. The molecule has 0 aliphatic carbocycles. The fourth-order valence-corrected chi connectivity index (χ4v) is 2.76. The van der Waals surface area contributed by atoms with Crippen LogP contribution in [0.4, 0.5) is 5.82 Å². The van der Waals surface area contributed by atoms with E-state index < -0.39 is 0 Å². The fourth-order valence-electron chi connectivity index (χ4n) is 2.09. The van der Waals surface area contributed by atoms with E-state index in [4.69, 9.17) is 0 Å². The van der Waals surface area contributed by atoms with E-state index in [2.05, 4.69) is 43.8 Å². The number of rotatable bonds is 2. The maximum absolute atomic E-state index is 4.53. The largest absolute Gasteiger partial charge is 0.355 e. The summed E-state index contributed by atoms with van der Waals surface area (Å²) < 4.78 is 0. The number of nitrogens with zero attached hydrogens (tertiary/aromatic N) is 3. The van der Waals surface area contributed by atoms with Crippen molar-refractivity contribution in [3.05, 3.63) is 17.6 Å². The molecule has 0 aromatic carbocycles. The molecule has 0 N–H and O–H groups in total. The highest BCUT2D eigenvalue weighted by atomic mass is 79.9. The van der Waals surface area contributed by atoms with Gasteiger partial charge < -0.3 is 4.90 Å². The van der Waals surface area contributed by atoms with Crippen molar-refractivity contribution < 1.29 is 0 Å². The van der Waals surface area contributed by atoms with Crippen LogP contribution < -0.4 is 4.90 Å². The molecule has 2 heterocycles. The third-order valence-electron chi connectivity index (χ3n) is 2.93. The minimum atomic E-state index is 0.599. The molecule has 1 saturated heterocycles. The van der Waals surface area contributed by atoms with E-state index in [1.165, 1.54) is 12.8 Å². The minimum Gasteiger partial charge on any atom is -0.355 e. The van der Waals surface area contributed by atoms with E-state index in [0.717, 1.165) is 36.8 Å². The molecule has 1 aliphatic rings. The molecule has 88 valence electrons. The second-order valence-electron chi connectivity index (χ2n) is 4.30. The van der Waals surface area contributed by atoms with Crippen LogP contribution in [0.15, 0.2) is 6.07 Å². The van der Waals surface area contributed by atoms with E-state index in [1.54, 1.807) is 0 Å². The van der Waals surface area contributed by atoms with Crippen molar-refractivity contribution in [2.45, 2.75) is 37.9 Å². The second kappa shape index (κ2) is 5.13. The lowest BCUT2D eigenvalue weighted by Crippen LogP contribution is -2.36. The van der Waals surface area contributed by atoms with Gasteiger partial charge in [0.2, 0.25) is 0 Å². The molecule has 0 radical (unpaired) electrons. The normalized spacial score (nSPS) is 21.2. The summed E-state index contributed by atoms with van der Waals surface area (Å²) in [5.74, 6) is 1.97. The maximum Gasteiger partial charge on any atom is 0.132 e. The van der Waals surface area contributed by atoms with Crippen LogP contribution in [0.2, 0.25) is 0 Å². The minimum absolute atomic E-state index is 0.599. The lowest BCUT2D eigenvalue weighted by atomic mass is 10.1. The van der Waals surface area contributed by atoms with Crippen LogP contribution in [0.3, 0.4) is 0 Å². The van der Waals surface area contributed by atoms with Crippen LogP contribution in [0.25, 0.3) is 0 Å². The molecular weight excluding hydrogens is 266 g/mol. The van der Waals surface area contributed by atoms with Crippen molar-refractivity contribution in [1.82, 2.24) is 9.97 Å². The van der Waals surface area contributed by atoms with Gasteiger partial charge in [-0.15, -0.1) is 0 Å². The Morgan fingerprint density at radius 3 is 3.00 bits per heavy atom. The number of piperidine rings is 1. The van der Waals surface area contributed by atoms with Gasteiger partial charge >= 0.3 is 0 Å². The fraction of sp³-hybridized carbons (Fsp3) is 0.667. The number of alkyl halides is 1. The van der Waals surface area contributed by atoms with E-state index in [1.807, 2.05) is 6.92 Å². The standard InChI is InChI=1S/C12H18BrN3/c1-3-11-7-12(15-9(2)14-11)16-6-4-5-10(13)8-16/h7,10H,3-6,8H2,1-2H3. The molecule has 1 aliphatic heterocycles. The first kappa shape index (κ1) is 11.8. The average Bonchev–Trinajstić information content (AvgIpc) is 2.28. The quantitative estimate of drug-likeness (QED) is 0.782. The number of aryl methyl sites for hydroxylation is 2. The van der Waals surface area contributed by atoms with Crippen LogP contribution >= 0.6 is 15.9 Å². The van der Waals surface area contributed by atoms with E-state index in [-0.39, 0.29) is 0 Å². The van der Waals surface area contributed by atoms with Gasteiger partial charge in [-0.2, -0.15) is 0 Å². The number of aromatic nitrogens is 2. The molecule has 2 rings (SSSR count). The Labute approximate surface area is 105 Å². The van der Waals surface area contributed by atoms with Crippen molar-refractivity contribution in [2.24, 2.45) is 0 Å². The Morgan fingerprint density at radius 2 is 2.31 bits per heavy atom. The first-order chi connectivity index (χ1) is 7.69. The van der Waals surface area contributed by atoms with Crippen molar-refractivity contribution in [2.75, 3.05) is 18.0 Å². The van der Waals surface area contributed by atoms with Crippen LogP contribution in [-0.2, 0) is 6.42 Å². The van der Waals surface area contributed by atoms with Gasteiger partial charge in [-0.1, -0.05) is 22.9 Å². The summed E-state index contributed by atoms with van der Waals surface area (Å²) in [4.78, 5) is 11.9. The molecule has 16 heavy (non-hydrogen) atoms. The Balaban J connectivity index is 2.21. The second-order valence-corrected chi connectivity index (χ2v) is 5.60. The lowest BCUT2D eigenvalue weighted by Gasteiger charge is -2.31. The molecule has 4 heteroatoms. The summed E-state index contributed by atoms with van der Waals surface area (Å²) in [5, 5.41) is 0. The van der Waals surface area contributed by atoms with E-state index in [0.29, 0.717) is 4.83 Å². The predicted octanol–water partition coefficient (Wildman–Crippen LogP) is 2.71. The average molecular weight is 284 g/mol. The number of hydrogen-bond acceptors (Lipinski definition) is 3. The highest BCUT2D eigenvalue weighted by Crippen LogP contribution is 2.22. The van der Waals surface area contributed by atoms with Crippen molar-refractivity contribution in [1.29, 1.82) is 0 Å². The van der Waals surface area contributed by atoms with Gasteiger partial charge in [0, 0.05) is 29.7 Å². The van der Waals surface area contributed by atoms with Gasteiger partial charge in [0.25, 0.3) is 0 Å². The van der Waals surface area contributed by atoms with Crippen molar-refractivity contribution in [3.8, 4) is 0 Å². The molecule has 1 unspecified atom stereocenters. The van der Waals surface area contributed by atoms with Gasteiger partial charge in [-0.3, -0.25) is 0 Å². The molecular formula is C12H18BrN3. The SMILES string of the molecule is CCc1cc(N2CCCC(Br)C2)nc(C)n1.